The predicted octanol–water partition coefficient (Wildman–Crippen LogP) is 0.0558. The fraction of sp³-hybridized carbons (Fsp3) is 1.00. The first-order valence-corrected chi connectivity index (χ1v) is 1.36. The first kappa shape index (κ1) is 9.64. The van der Waals surface area contributed by atoms with E-state index in [4.69, 9.17) is 4.91 Å². The summed E-state index contributed by atoms with van der Waals surface area (Å²) >= 11 is 0. The number of rotatable bonds is 2. The van der Waals surface area contributed by atoms with E-state index in [1.54, 1.807) is 6.92 Å². The van der Waals surface area contributed by atoms with Crippen LogP contribution in [0.25, 0.3) is 0 Å². The molecular weight excluding hydrogens is 93.0 g/mol. The molecular formula is C2H6NNaO2. The van der Waals surface area contributed by atoms with E-state index < -0.39 is 0 Å². The van der Waals surface area contributed by atoms with Crippen molar-refractivity contribution in [2.24, 2.45) is 5.34 Å². The van der Waals surface area contributed by atoms with Crippen LogP contribution in [0.3, 0.4) is 0 Å². The zero-order valence-corrected chi connectivity index (χ0v) is 2.97. The first-order chi connectivity index (χ1) is 2.41. The molecule has 0 aliphatic carbocycles. The second kappa shape index (κ2) is 9.04. The fourth-order valence-electron chi connectivity index (χ4n) is 0.0527. The van der Waals surface area contributed by atoms with Crippen molar-refractivity contribution in [1.29, 1.82) is 0 Å². The van der Waals surface area contributed by atoms with Crippen molar-refractivity contribution < 1.29 is 4.84 Å². The van der Waals surface area contributed by atoms with E-state index in [2.05, 4.69) is 10.2 Å². The van der Waals surface area contributed by atoms with Gasteiger partial charge in [0.15, 0.2) is 5.34 Å². The van der Waals surface area contributed by atoms with Crippen LogP contribution in [0.5, 0.6) is 0 Å². The zero-order valence-electron chi connectivity index (χ0n) is 2.97. The second-order valence-electron chi connectivity index (χ2n) is 0.492. The molecule has 0 rings (SSSR count). The molecule has 0 bridgehead atoms. The molecule has 0 fully saturated rings. The van der Waals surface area contributed by atoms with E-state index in [0.717, 1.165) is 0 Å². The maximum absolute atomic E-state index is 8.93. The quantitative estimate of drug-likeness (QED) is 0.279. The topological polar surface area (TPSA) is 38.7 Å². The van der Waals surface area contributed by atoms with Gasteiger partial charge in [0.2, 0.25) is 0 Å². The zero-order chi connectivity index (χ0) is 4.12. The number of hydrogen-bond donors (Lipinski definition) is 0. The van der Waals surface area contributed by atoms with Gasteiger partial charge in [0.1, 0.15) is 6.61 Å². The van der Waals surface area contributed by atoms with Crippen LogP contribution < -0.4 is 0 Å². The summed E-state index contributed by atoms with van der Waals surface area (Å²) in [5.41, 5.74) is 0. The van der Waals surface area contributed by atoms with Gasteiger partial charge in [0.05, 0.1) is 0 Å². The Morgan fingerprint density at radius 2 is 2.33 bits per heavy atom. The Labute approximate surface area is 58.3 Å². The molecule has 3 nitrogen and oxygen atoms in total. The molecule has 0 radical (unpaired) electrons. The van der Waals surface area contributed by atoms with Crippen LogP contribution in [0.1, 0.15) is 6.92 Å². The minimum absolute atomic E-state index is 0. The van der Waals surface area contributed by atoms with E-state index in [-0.39, 0.29) is 29.6 Å². The van der Waals surface area contributed by atoms with Crippen molar-refractivity contribution in [2.45, 2.75) is 6.92 Å². The number of nitrogens with zero attached hydrogens (tertiary/aromatic N) is 1. The van der Waals surface area contributed by atoms with E-state index >= 15 is 0 Å². The van der Waals surface area contributed by atoms with Gasteiger partial charge in [-0.1, -0.05) is 0 Å². The Balaban J connectivity index is 0. The van der Waals surface area contributed by atoms with Gasteiger partial charge in [0.25, 0.3) is 0 Å². The third kappa shape index (κ3) is 8.83. The van der Waals surface area contributed by atoms with E-state index in [1.165, 1.54) is 0 Å². The van der Waals surface area contributed by atoms with Gasteiger partial charge in [0, 0.05) is 0 Å². The van der Waals surface area contributed by atoms with Crippen molar-refractivity contribution in [2.75, 3.05) is 6.61 Å². The number of hydrogen-bond acceptors (Lipinski definition) is 3. The molecule has 4 heteroatoms. The molecule has 0 aromatic carbocycles. The summed E-state index contributed by atoms with van der Waals surface area (Å²) in [5, 5.41) is 2.10. The summed E-state index contributed by atoms with van der Waals surface area (Å²) in [5.74, 6) is 0. The van der Waals surface area contributed by atoms with Crippen LogP contribution in [0, 0.1) is 4.91 Å². The molecule has 0 aliphatic heterocycles. The van der Waals surface area contributed by atoms with Gasteiger partial charge in [-0.2, -0.15) is 0 Å². The Morgan fingerprint density at radius 1 is 1.83 bits per heavy atom. The molecule has 0 N–H and O–H groups in total. The first-order valence-electron chi connectivity index (χ1n) is 1.36. The summed E-state index contributed by atoms with van der Waals surface area (Å²) in [6.45, 7) is 2.06. The molecule has 0 saturated carbocycles. The third-order valence-electron chi connectivity index (χ3n) is 0.182. The SMILES string of the molecule is CCON=O.[NaH]. The van der Waals surface area contributed by atoms with Gasteiger partial charge in [-0.05, 0) is 6.92 Å². The average molecular weight is 99.1 g/mol. The molecule has 0 amide bonds. The average Bonchev–Trinajstić information content (AvgIpc) is 1.41. The van der Waals surface area contributed by atoms with Crippen molar-refractivity contribution in [3.8, 4) is 0 Å². The van der Waals surface area contributed by atoms with Crippen molar-refractivity contribution in [3.63, 3.8) is 0 Å². The van der Waals surface area contributed by atoms with Gasteiger partial charge >= 0.3 is 29.6 Å². The van der Waals surface area contributed by atoms with Gasteiger partial charge in [-0.3, -0.25) is 0 Å². The van der Waals surface area contributed by atoms with Gasteiger partial charge in [-0.15, -0.1) is 4.91 Å². The Kier molecular flexibility index (Phi) is 14.5. The molecule has 32 valence electrons. The molecule has 0 unspecified atom stereocenters. The molecule has 6 heavy (non-hydrogen) atoms. The van der Waals surface area contributed by atoms with Crippen LogP contribution in [-0.4, -0.2) is 36.2 Å². The Bertz CT molecular complexity index is 32.7. The summed E-state index contributed by atoms with van der Waals surface area (Å²) in [7, 11) is 0. The Hall–Kier alpha value is 0.400. The molecule has 0 atom stereocenters. The van der Waals surface area contributed by atoms with Crippen molar-refractivity contribution in [3.05, 3.63) is 4.91 Å². The molecule has 0 saturated heterocycles. The normalized spacial score (nSPS) is 5.50. The molecule has 0 heterocycles. The van der Waals surface area contributed by atoms with Crippen LogP contribution >= 0.6 is 0 Å². The monoisotopic (exact) mass is 99.0 g/mol. The molecule has 0 aliphatic rings. The van der Waals surface area contributed by atoms with Crippen LogP contribution in [0.2, 0.25) is 0 Å². The van der Waals surface area contributed by atoms with Crippen molar-refractivity contribution in [1.82, 2.24) is 0 Å². The molecule has 0 aromatic rings. The van der Waals surface area contributed by atoms with E-state index in [9.17, 15) is 0 Å². The van der Waals surface area contributed by atoms with Crippen molar-refractivity contribution >= 4 is 29.6 Å². The molecule has 0 spiro atoms. The predicted molar refractivity (Wildman–Crippen MR) is 24.6 cm³/mol. The second-order valence-corrected chi connectivity index (χ2v) is 0.492. The fourth-order valence-corrected chi connectivity index (χ4v) is 0.0527. The minimum atomic E-state index is 0. The van der Waals surface area contributed by atoms with E-state index in [1.807, 2.05) is 0 Å². The van der Waals surface area contributed by atoms with E-state index in [0.29, 0.717) is 6.61 Å². The summed E-state index contributed by atoms with van der Waals surface area (Å²) < 4.78 is 0. The van der Waals surface area contributed by atoms with Crippen LogP contribution in [0.15, 0.2) is 5.34 Å². The van der Waals surface area contributed by atoms with Crippen LogP contribution in [0.4, 0.5) is 0 Å². The van der Waals surface area contributed by atoms with Crippen LogP contribution in [-0.2, 0) is 4.84 Å². The summed E-state index contributed by atoms with van der Waals surface area (Å²) in [4.78, 5) is 12.8. The maximum atomic E-state index is 8.93. The summed E-state index contributed by atoms with van der Waals surface area (Å²) in [6.07, 6.45) is 0. The molecule has 0 aromatic heterocycles. The third-order valence-corrected chi connectivity index (χ3v) is 0.182. The Morgan fingerprint density at radius 3 is 2.33 bits per heavy atom. The summed E-state index contributed by atoms with van der Waals surface area (Å²) in [6, 6.07) is 0. The van der Waals surface area contributed by atoms with Gasteiger partial charge < -0.3 is 4.84 Å². The van der Waals surface area contributed by atoms with Gasteiger partial charge in [-0.25, -0.2) is 0 Å². The standard InChI is InChI=1S/C2H5NO2.Na.H/c1-2-5-3-4;;/h2H2,1H3;;.